The molecule has 0 fully saturated rings. The minimum atomic E-state index is -0.332. The van der Waals surface area contributed by atoms with Crippen LogP contribution in [0, 0.1) is 6.92 Å². The van der Waals surface area contributed by atoms with Gasteiger partial charge in [0.05, 0.1) is 0 Å². The first-order valence-corrected chi connectivity index (χ1v) is 6.98. The summed E-state index contributed by atoms with van der Waals surface area (Å²) in [6, 6.07) is 4.03. The molecular weight excluding hydrogens is 246 g/mol. The molecule has 0 aliphatic carbocycles. The zero-order valence-corrected chi connectivity index (χ0v) is 12.0. The summed E-state index contributed by atoms with van der Waals surface area (Å²) in [5.74, 6) is -0.112. The Kier molecular flexibility index (Phi) is 5.56. The number of hydrogen-bond donors (Lipinski definition) is 2. The number of nitrogens with one attached hydrogen (secondary N) is 1. The summed E-state index contributed by atoms with van der Waals surface area (Å²) in [6.07, 6.45) is 4.74. The Bertz CT molecular complexity index is 425. The van der Waals surface area contributed by atoms with Crippen LogP contribution in [0.1, 0.15) is 36.4 Å². The molecule has 18 heavy (non-hydrogen) atoms. The second-order valence-corrected chi connectivity index (χ2v) is 5.98. The quantitative estimate of drug-likeness (QED) is 0.779. The molecular formula is C14H21NO2S. The number of rotatable bonds is 6. The van der Waals surface area contributed by atoms with Crippen LogP contribution in [0.15, 0.2) is 18.2 Å². The van der Waals surface area contributed by atoms with Gasteiger partial charge < -0.3 is 10.4 Å². The number of hydrogen-bond acceptors (Lipinski definition) is 3. The summed E-state index contributed by atoms with van der Waals surface area (Å²) < 4.78 is 0. The highest BCUT2D eigenvalue weighted by Gasteiger charge is 2.22. The summed E-state index contributed by atoms with van der Waals surface area (Å²) >= 11 is 1.66. The number of aryl methyl sites for hydroxylation is 1. The molecule has 4 heteroatoms. The Morgan fingerprint density at radius 3 is 2.78 bits per heavy atom. The lowest BCUT2D eigenvalue weighted by molar-refractivity contribution is -0.118. The highest BCUT2D eigenvalue weighted by atomic mass is 32.1. The van der Waals surface area contributed by atoms with Crippen LogP contribution in [0.2, 0.25) is 0 Å². The number of amides is 1. The Morgan fingerprint density at radius 2 is 2.28 bits per heavy atom. The summed E-state index contributed by atoms with van der Waals surface area (Å²) in [4.78, 5) is 14.1. The first-order valence-electron chi connectivity index (χ1n) is 6.16. The number of carbonyl (C=O) groups is 1. The average Bonchev–Trinajstić information content (AvgIpc) is 2.73. The van der Waals surface area contributed by atoms with Crippen LogP contribution in [-0.4, -0.2) is 23.2 Å². The second kappa shape index (κ2) is 6.71. The normalized spacial score (nSPS) is 14.7. The smallest absolute Gasteiger partial charge is 0.244 e. The maximum atomic E-state index is 11.8. The monoisotopic (exact) mass is 267 g/mol. The van der Waals surface area contributed by atoms with Crippen molar-refractivity contribution in [2.75, 3.05) is 6.61 Å². The third-order valence-corrected chi connectivity index (χ3v) is 3.99. The predicted octanol–water partition coefficient (Wildman–Crippen LogP) is 2.74. The summed E-state index contributed by atoms with van der Waals surface area (Å²) in [5, 5.41) is 11.9. The first-order chi connectivity index (χ1) is 8.49. The maximum absolute atomic E-state index is 11.8. The number of aliphatic hydroxyl groups excluding tert-OH is 1. The summed E-state index contributed by atoms with van der Waals surface area (Å²) in [5.41, 5.74) is -0.332. The van der Waals surface area contributed by atoms with Crippen LogP contribution >= 0.6 is 11.3 Å². The molecule has 0 bridgehead atoms. The zero-order chi connectivity index (χ0) is 13.6. The van der Waals surface area contributed by atoms with E-state index in [9.17, 15) is 4.79 Å². The third-order valence-electron chi connectivity index (χ3n) is 3.03. The van der Waals surface area contributed by atoms with Crippen molar-refractivity contribution in [2.24, 2.45) is 0 Å². The van der Waals surface area contributed by atoms with Gasteiger partial charge in [-0.05, 0) is 44.9 Å². The highest BCUT2D eigenvalue weighted by molar-refractivity contribution is 7.12. The van der Waals surface area contributed by atoms with Gasteiger partial charge in [-0.15, -0.1) is 11.3 Å². The SMILES string of the molecule is CCC(C)(CCO)NC(=O)/C=C/c1ccc(C)s1. The van der Waals surface area contributed by atoms with Crippen molar-refractivity contribution in [3.05, 3.63) is 28.0 Å². The van der Waals surface area contributed by atoms with Crippen molar-refractivity contribution < 1.29 is 9.90 Å². The lowest BCUT2D eigenvalue weighted by Crippen LogP contribution is -2.45. The van der Waals surface area contributed by atoms with Crippen LogP contribution < -0.4 is 5.32 Å². The second-order valence-electron chi connectivity index (χ2n) is 4.66. The van der Waals surface area contributed by atoms with Gasteiger partial charge in [-0.2, -0.15) is 0 Å². The van der Waals surface area contributed by atoms with E-state index in [1.165, 1.54) is 4.88 Å². The van der Waals surface area contributed by atoms with E-state index in [4.69, 9.17) is 5.11 Å². The molecule has 1 unspecified atom stereocenters. The van der Waals surface area contributed by atoms with Gasteiger partial charge in [0.15, 0.2) is 0 Å². The van der Waals surface area contributed by atoms with Crippen molar-refractivity contribution in [3.8, 4) is 0 Å². The lowest BCUT2D eigenvalue weighted by Gasteiger charge is -2.28. The molecule has 1 rings (SSSR count). The highest BCUT2D eigenvalue weighted by Crippen LogP contribution is 2.17. The van der Waals surface area contributed by atoms with Crippen LogP contribution in [0.25, 0.3) is 6.08 Å². The van der Waals surface area contributed by atoms with Gasteiger partial charge in [0, 0.05) is 28.0 Å². The minimum Gasteiger partial charge on any atom is -0.396 e. The van der Waals surface area contributed by atoms with E-state index in [0.29, 0.717) is 6.42 Å². The summed E-state index contributed by atoms with van der Waals surface area (Å²) in [7, 11) is 0. The Balaban J connectivity index is 2.58. The van der Waals surface area contributed by atoms with E-state index >= 15 is 0 Å². The Hall–Kier alpha value is -1.13. The van der Waals surface area contributed by atoms with E-state index in [-0.39, 0.29) is 18.1 Å². The molecule has 0 aliphatic rings. The predicted molar refractivity (Wildman–Crippen MR) is 76.6 cm³/mol. The van der Waals surface area contributed by atoms with E-state index in [1.54, 1.807) is 17.4 Å². The fraction of sp³-hybridized carbons (Fsp3) is 0.500. The van der Waals surface area contributed by atoms with E-state index in [2.05, 4.69) is 5.32 Å². The first kappa shape index (κ1) is 14.9. The molecule has 100 valence electrons. The molecule has 1 heterocycles. The molecule has 1 amide bonds. The van der Waals surface area contributed by atoms with Gasteiger partial charge in [0.1, 0.15) is 0 Å². The molecule has 0 aromatic carbocycles. The largest absolute Gasteiger partial charge is 0.396 e. The molecule has 1 aromatic rings. The van der Waals surface area contributed by atoms with Crippen molar-refractivity contribution in [1.29, 1.82) is 0 Å². The van der Waals surface area contributed by atoms with E-state index < -0.39 is 0 Å². The van der Waals surface area contributed by atoms with Crippen molar-refractivity contribution in [1.82, 2.24) is 5.32 Å². The van der Waals surface area contributed by atoms with Crippen LogP contribution in [-0.2, 0) is 4.79 Å². The molecule has 1 atom stereocenters. The van der Waals surface area contributed by atoms with Gasteiger partial charge in [-0.25, -0.2) is 0 Å². The lowest BCUT2D eigenvalue weighted by atomic mass is 9.95. The van der Waals surface area contributed by atoms with Crippen LogP contribution in [0.3, 0.4) is 0 Å². The molecule has 0 saturated heterocycles. The molecule has 0 saturated carbocycles. The van der Waals surface area contributed by atoms with E-state index in [1.807, 2.05) is 39.0 Å². The molecule has 1 aromatic heterocycles. The standard InChI is InChI=1S/C14H21NO2S/c1-4-14(3,9-10-16)15-13(17)8-7-12-6-5-11(2)18-12/h5-8,16H,4,9-10H2,1-3H3,(H,15,17)/b8-7+. The molecule has 0 spiro atoms. The molecule has 2 N–H and O–H groups in total. The molecule has 0 aliphatic heterocycles. The van der Waals surface area contributed by atoms with E-state index in [0.717, 1.165) is 11.3 Å². The maximum Gasteiger partial charge on any atom is 0.244 e. The fourth-order valence-corrected chi connectivity index (χ4v) is 2.39. The van der Waals surface area contributed by atoms with Gasteiger partial charge >= 0.3 is 0 Å². The van der Waals surface area contributed by atoms with Crippen molar-refractivity contribution in [2.45, 2.75) is 39.2 Å². The van der Waals surface area contributed by atoms with Gasteiger partial charge in [-0.3, -0.25) is 4.79 Å². The van der Waals surface area contributed by atoms with Crippen molar-refractivity contribution in [3.63, 3.8) is 0 Å². The van der Waals surface area contributed by atoms with Gasteiger partial charge in [-0.1, -0.05) is 6.92 Å². The third kappa shape index (κ3) is 4.63. The summed E-state index contributed by atoms with van der Waals surface area (Å²) in [6.45, 7) is 6.07. The number of carbonyl (C=O) groups excluding carboxylic acids is 1. The van der Waals surface area contributed by atoms with Crippen LogP contribution in [0.5, 0.6) is 0 Å². The number of aliphatic hydroxyl groups is 1. The van der Waals surface area contributed by atoms with Gasteiger partial charge in [0.25, 0.3) is 0 Å². The van der Waals surface area contributed by atoms with Gasteiger partial charge in [0.2, 0.25) is 5.91 Å². The van der Waals surface area contributed by atoms with Crippen molar-refractivity contribution >= 4 is 23.3 Å². The zero-order valence-electron chi connectivity index (χ0n) is 11.2. The average molecular weight is 267 g/mol. The molecule has 3 nitrogen and oxygen atoms in total. The van der Waals surface area contributed by atoms with Crippen LogP contribution in [0.4, 0.5) is 0 Å². The number of thiophene rings is 1. The molecule has 0 radical (unpaired) electrons. The fourth-order valence-electron chi connectivity index (χ4n) is 1.61. The Morgan fingerprint density at radius 1 is 1.56 bits per heavy atom. The Labute approximate surface area is 113 Å². The minimum absolute atomic E-state index is 0.0818. The topological polar surface area (TPSA) is 49.3 Å².